The van der Waals surface area contributed by atoms with Crippen LogP contribution in [0, 0.1) is 0 Å². The molecule has 0 bridgehead atoms. The lowest BCUT2D eigenvalue weighted by Gasteiger charge is -2.14. The number of nitrogens with one attached hydrogen (secondary N) is 1. The lowest BCUT2D eigenvalue weighted by Crippen LogP contribution is -2.31. The maximum absolute atomic E-state index is 12.6. The number of hydrogen-bond donors (Lipinski definition) is 1. The van der Waals surface area contributed by atoms with Crippen LogP contribution in [0.2, 0.25) is 0 Å². The molecule has 1 aromatic rings. The molecule has 1 aliphatic heterocycles. The Bertz CT molecular complexity index is 653. The van der Waals surface area contributed by atoms with Gasteiger partial charge in [-0.25, -0.2) is 0 Å². The third kappa shape index (κ3) is 3.23. The minimum absolute atomic E-state index is 0.132. The molecular weight excluding hydrogens is 314 g/mol. The Kier molecular flexibility index (Phi) is 5.37. The Morgan fingerprint density at radius 2 is 2.27 bits per heavy atom. The van der Waals surface area contributed by atoms with Crippen molar-refractivity contribution in [3.63, 3.8) is 0 Å². The van der Waals surface area contributed by atoms with Crippen molar-refractivity contribution in [3.05, 3.63) is 42.0 Å². The summed E-state index contributed by atoms with van der Waals surface area (Å²) in [5.74, 6) is 0.252. The molecule has 0 aromatic heterocycles. The molecule has 1 N–H and O–H groups in total. The van der Waals surface area contributed by atoms with E-state index in [9.17, 15) is 4.79 Å². The Morgan fingerprint density at radius 1 is 1.55 bits per heavy atom. The highest BCUT2D eigenvalue weighted by Crippen LogP contribution is 2.32. The van der Waals surface area contributed by atoms with E-state index >= 15 is 0 Å². The van der Waals surface area contributed by atoms with Gasteiger partial charge < -0.3 is 4.90 Å². The Hall–Kier alpha value is -1.66. The highest BCUT2D eigenvalue weighted by molar-refractivity contribution is 8.22. The van der Waals surface area contributed by atoms with Crippen LogP contribution in [0.4, 0.5) is 5.69 Å². The van der Waals surface area contributed by atoms with E-state index < -0.39 is 0 Å². The Morgan fingerprint density at radius 3 is 2.86 bits per heavy atom. The minimum Gasteiger partial charge on any atom is -0.302 e. The second-order valence-electron chi connectivity index (χ2n) is 5.20. The molecule has 0 saturated heterocycles. The first-order valence-corrected chi connectivity index (χ1v) is 8.61. The number of carbonyl (C=O) groups is 1. The van der Waals surface area contributed by atoms with Gasteiger partial charge in [0.15, 0.2) is 10.0 Å². The first-order valence-electron chi connectivity index (χ1n) is 6.98. The molecular formula is C16H19N3OS2. The summed E-state index contributed by atoms with van der Waals surface area (Å²) >= 11 is 6.46. The van der Waals surface area contributed by atoms with Gasteiger partial charge in [-0.1, -0.05) is 50.0 Å². The van der Waals surface area contributed by atoms with Crippen LogP contribution in [0.1, 0.15) is 30.9 Å². The molecule has 1 amide bonds. The average molecular weight is 333 g/mol. The second kappa shape index (κ2) is 7.07. The molecule has 0 radical (unpaired) electrons. The van der Waals surface area contributed by atoms with Crippen LogP contribution < -0.4 is 10.3 Å². The fraction of sp³-hybridized carbons (Fsp3) is 0.312. The van der Waals surface area contributed by atoms with Crippen molar-refractivity contribution < 1.29 is 4.79 Å². The van der Waals surface area contributed by atoms with Crippen LogP contribution in [0.3, 0.4) is 0 Å². The molecule has 0 fully saturated rings. The summed E-state index contributed by atoms with van der Waals surface area (Å²) in [7, 11) is 0. The SMILES string of the molecule is C=CCN1C(=O)C(=NNC(=S)SC)c2cc(C(C)C)ccc21. The highest BCUT2D eigenvalue weighted by Gasteiger charge is 2.33. The topological polar surface area (TPSA) is 44.7 Å². The average Bonchev–Trinajstić information content (AvgIpc) is 2.77. The fourth-order valence-electron chi connectivity index (χ4n) is 2.26. The summed E-state index contributed by atoms with van der Waals surface area (Å²) in [4.78, 5) is 14.3. The van der Waals surface area contributed by atoms with E-state index in [2.05, 4.69) is 37.0 Å². The van der Waals surface area contributed by atoms with Gasteiger partial charge >= 0.3 is 0 Å². The van der Waals surface area contributed by atoms with Crippen molar-refractivity contribution in [1.82, 2.24) is 5.43 Å². The summed E-state index contributed by atoms with van der Waals surface area (Å²) in [6.07, 6.45) is 3.57. The third-order valence-electron chi connectivity index (χ3n) is 3.44. The lowest BCUT2D eigenvalue weighted by atomic mass is 9.99. The van der Waals surface area contributed by atoms with Crippen LogP contribution in [-0.2, 0) is 4.79 Å². The molecule has 0 aliphatic carbocycles. The highest BCUT2D eigenvalue weighted by atomic mass is 32.2. The van der Waals surface area contributed by atoms with E-state index in [0.29, 0.717) is 22.5 Å². The zero-order valence-corrected chi connectivity index (χ0v) is 14.6. The number of nitrogens with zero attached hydrogens (tertiary/aromatic N) is 2. The maximum Gasteiger partial charge on any atom is 0.279 e. The molecule has 2 rings (SSSR count). The number of benzene rings is 1. The number of hydrazone groups is 1. The first-order chi connectivity index (χ1) is 10.5. The largest absolute Gasteiger partial charge is 0.302 e. The third-order valence-corrected chi connectivity index (χ3v) is 4.49. The minimum atomic E-state index is -0.132. The fourth-order valence-corrected chi connectivity index (χ4v) is 2.44. The molecule has 0 unspecified atom stereocenters. The van der Waals surface area contributed by atoms with E-state index in [1.165, 1.54) is 17.3 Å². The number of thiocarbonyl (C=S) groups is 1. The van der Waals surface area contributed by atoms with Gasteiger partial charge in [0.05, 0.1) is 5.69 Å². The zero-order valence-electron chi connectivity index (χ0n) is 12.9. The van der Waals surface area contributed by atoms with E-state index in [-0.39, 0.29) is 5.91 Å². The van der Waals surface area contributed by atoms with Gasteiger partial charge in [0.2, 0.25) is 0 Å². The molecule has 22 heavy (non-hydrogen) atoms. The van der Waals surface area contributed by atoms with E-state index in [4.69, 9.17) is 12.2 Å². The second-order valence-corrected chi connectivity index (χ2v) is 6.68. The first kappa shape index (κ1) is 16.7. The summed E-state index contributed by atoms with van der Waals surface area (Å²) < 4.78 is 0.532. The van der Waals surface area contributed by atoms with Crippen LogP contribution in [0.25, 0.3) is 0 Å². The quantitative estimate of drug-likeness (QED) is 0.522. The van der Waals surface area contributed by atoms with E-state index in [1.807, 2.05) is 18.4 Å². The van der Waals surface area contributed by atoms with Gasteiger partial charge in [0.25, 0.3) is 5.91 Å². The van der Waals surface area contributed by atoms with Crippen LogP contribution in [0.5, 0.6) is 0 Å². The summed E-state index contributed by atoms with van der Waals surface area (Å²) in [6.45, 7) is 8.42. The zero-order chi connectivity index (χ0) is 16.3. The van der Waals surface area contributed by atoms with Gasteiger partial charge in [-0.2, -0.15) is 5.10 Å². The molecule has 0 saturated carbocycles. The molecule has 1 aromatic carbocycles. The number of hydrogen-bond acceptors (Lipinski definition) is 4. The van der Waals surface area contributed by atoms with Crippen molar-refractivity contribution >= 4 is 45.6 Å². The standard InChI is InChI=1S/C16H19N3OS2/c1-5-8-19-13-7-6-11(10(2)3)9-12(13)14(15(19)20)17-18-16(21)22-4/h5-7,9-10H,1,8H2,2-4H3,(H,18,21). The number of carbonyl (C=O) groups excluding carboxylic acids is 1. The summed E-state index contributed by atoms with van der Waals surface area (Å²) in [5, 5.41) is 4.23. The van der Waals surface area contributed by atoms with E-state index in [1.54, 1.807) is 11.0 Å². The smallest absolute Gasteiger partial charge is 0.279 e. The number of fused-ring (bicyclic) bond motifs is 1. The normalized spacial score (nSPS) is 15.4. The van der Waals surface area contributed by atoms with E-state index in [0.717, 1.165) is 11.3 Å². The Balaban J connectivity index is 2.48. The van der Waals surface area contributed by atoms with Crippen molar-refractivity contribution in [1.29, 1.82) is 0 Å². The van der Waals surface area contributed by atoms with Gasteiger partial charge in [-0.05, 0) is 29.9 Å². The monoisotopic (exact) mass is 333 g/mol. The molecule has 116 valence electrons. The molecule has 0 atom stereocenters. The summed E-state index contributed by atoms with van der Waals surface area (Å²) in [5.41, 5.74) is 6.05. The van der Waals surface area contributed by atoms with Crippen LogP contribution in [0.15, 0.2) is 36.0 Å². The van der Waals surface area contributed by atoms with Crippen molar-refractivity contribution in [3.8, 4) is 0 Å². The van der Waals surface area contributed by atoms with Gasteiger partial charge in [0.1, 0.15) is 0 Å². The summed E-state index contributed by atoms with van der Waals surface area (Å²) in [6, 6.07) is 6.06. The van der Waals surface area contributed by atoms with Crippen LogP contribution in [-0.4, -0.2) is 28.7 Å². The lowest BCUT2D eigenvalue weighted by molar-refractivity contribution is -0.112. The molecule has 4 nitrogen and oxygen atoms in total. The molecule has 0 spiro atoms. The predicted octanol–water partition coefficient (Wildman–Crippen LogP) is 3.28. The Labute approximate surface area is 140 Å². The van der Waals surface area contributed by atoms with Crippen molar-refractivity contribution in [2.24, 2.45) is 5.10 Å². The number of thioether (sulfide) groups is 1. The van der Waals surface area contributed by atoms with Gasteiger partial charge in [-0.3, -0.25) is 10.2 Å². The number of anilines is 1. The van der Waals surface area contributed by atoms with Crippen molar-refractivity contribution in [2.75, 3.05) is 17.7 Å². The van der Waals surface area contributed by atoms with Crippen LogP contribution >= 0.6 is 24.0 Å². The molecule has 1 aliphatic rings. The molecule has 6 heteroatoms. The number of amides is 1. The maximum atomic E-state index is 12.6. The number of rotatable bonds is 4. The predicted molar refractivity (Wildman–Crippen MR) is 98.9 cm³/mol. The molecule has 1 heterocycles. The van der Waals surface area contributed by atoms with Gasteiger partial charge in [-0.15, -0.1) is 6.58 Å². The van der Waals surface area contributed by atoms with Gasteiger partial charge in [0, 0.05) is 12.1 Å². The van der Waals surface area contributed by atoms with Crippen molar-refractivity contribution in [2.45, 2.75) is 19.8 Å².